The number of benzene rings is 1. The highest BCUT2D eigenvalue weighted by molar-refractivity contribution is 6.14. The molecule has 0 spiro atoms. The lowest BCUT2D eigenvalue weighted by atomic mass is 9.43. The minimum Gasteiger partial charge on any atom is -0.317 e. The smallest absolute Gasteiger partial charge is 0.317 e. The Morgan fingerprint density at radius 1 is 0.897 bits per heavy atom. The second kappa shape index (κ2) is 10.6. The quantitative estimate of drug-likeness (QED) is 0.329. The monoisotopic (exact) mass is 531 g/mol. The van der Waals surface area contributed by atoms with Gasteiger partial charge in [-0.2, -0.15) is 0 Å². The van der Waals surface area contributed by atoms with Crippen molar-refractivity contribution < 1.29 is 9.63 Å². The van der Waals surface area contributed by atoms with Gasteiger partial charge in [-0.15, -0.1) is 0 Å². The van der Waals surface area contributed by atoms with E-state index in [1.807, 2.05) is 18.2 Å². The molecule has 1 heterocycles. The van der Waals surface area contributed by atoms with Gasteiger partial charge in [0.2, 0.25) is 0 Å². The third-order valence-electron chi connectivity index (χ3n) is 13.2. The fraction of sp³-hybridized carbons (Fsp3) is 0.778. The molecule has 1 unspecified atom stereocenters. The molecular weight excluding hydrogens is 478 g/mol. The molecule has 3 heteroatoms. The molecule has 3 nitrogen and oxygen atoms in total. The van der Waals surface area contributed by atoms with Gasteiger partial charge >= 0.3 is 5.97 Å². The van der Waals surface area contributed by atoms with Gasteiger partial charge in [0, 0.05) is 5.56 Å². The molecular formula is C36H53NO2. The van der Waals surface area contributed by atoms with Crippen molar-refractivity contribution in [2.45, 2.75) is 112 Å². The maximum atomic E-state index is 12.9. The highest BCUT2D eigenvalue weighted by atomic mass is 16.7. The van der Waals surface area contributed by atoms with Crippen LogP contribution in [0.25, 0.3) is 0 Å². The molecule has 4 saturated carbocycles. The van der Waals surface area contributed by atoms with Gasteiger partial charge in [0.15, 0.2) is 0 Å². The molecule has 0 aromatic heterocycles. The number of nitrogens with zero attached hydrogens (tertiary/aromatic N) is 1. The maximum Gasteiger partial charge on any atom is 0.344 e. The summed E-state index contributed by atoms with van der Waals surface area (Å²) in [6.07, 6.45) is 16.4. The highest BCUT2D eigenvalue weighted by Crippen LogP contribution is 2.69. The van der Waals surface area contributed by atoms with Gasteiger partial charge in [-0.05, 0) is 116 Å². The number of carbonyl (C=O) groups excluding carboxylic acids is 1. The predicted octanol–water partition coefficient (Wildman–Crippen LogP) is 9.30. The fourth-order valence-electron chi connectivity index (χ4n) is 11.2. The van der Waals surface area contributed by atoms with Gasteiger partial charge in [0.05, 0.1) is 0 Å². The van der Waals surface area contributed by atoms with Crippen molar-refractivity contribution in [3.63, 3.8) is 0 Å². The van der Waals surface area contributed by atoms with E-state index in [9.17, 15) is 4.79 Å². The summed E-state index contributed by atoms with van der Waals surface area (Å²) in [5.74, 6) is 6.18. The van der Waals surface area contributed by atoms with Crippen LogP contribution in [0.4, 0.5) is 0 Å². The van der Waals surface area contributed by atoms with Gasteiger partial charge in [0.25, 0.3) is 0 Å². The largest absolute Gasteiger partial charge is 0.344 e. The van der Waals surface area contributed by atoms with Crippen molar-refractivity contribution in [3.05, 3.63) is 35.9 Å². The van der Waals surface area contributed by atoms with Crippen molar-refractivity contribution in [1.82, 2.24) is 0 Å². The molecule has 4 fully saturated rings. The molecule has 0 saturated heterocycles. The van der Waals surface area contributed by atoms with E-state index < -0.39 is 0 Å². The van der Waals surface area contributed by atoms with Crippen molar-refractivity contribution in [2.75, 3.05) is 0 Å². The van der Waals surface area contributed by atoms with E-state index in [0.717, 1.165) is 59.1 Å². The van der Waals surface area contributed by atoms with Crippen molar-refractivity contribution >= 4 is 11.7 Å². The van der Waals surface area contributed by atoms with Gasteiger partial charge in [-0.3, -0.25) is 0 Å². The van der Waals surface area contributed by atoms with E-state index in [4.69, 9.17) is 4.84 Å². The van der Waals surface area contributed by atoms with Crippen molar-refractivity contribution in [3.8, 4) is 0 Å². The van der Waals surface area contributed by atoms with E-state index in [0.29, 0.717) is 16.7 Å². The van der Waals surface area contributed by atoms with Gasteiger partial charge in [0.1, 0.15) is 11.6 Å². The topological polar surface area (TPSA) is 38.7 Å². The fourth-order valence-corrected chi connectivity index (χ4v) is 11.2. The Kier molecular flexibility index (Phi) is 7.51. The summed E-state index contributed by atoms with van der Waals surface area (Å²) in [7, 11) is 0. The van der Waals surface area contributed by atoms with Gasteiger partial charge in [-0.25, -0.2) is 4.79 Å². The third-order valence-corrected chi connectivity index (χ3v) is 13.2. The molecule has 10 atom stereocenters. The third kappa shape index (κ3) is 4.72. The number of oxime groups is 1. The van der Waals surface area contributed by atoms with Gasteiger partial charge in [-0.1, -0.05) is 89.4 Å². The first-order valence-electron chi connectivity index (χ1n) is 16.6. The maximum absolute atomic E-state index is 12.9. The molecule has 39 heavy (non-hydrogen) atoms. The van der Waals surface area contributed by atoms with Crippen LogP contribution in [0.1, 0.15) is 117 Å². The lowest BCUT2D eigenvalue weighted by Gasteiger charge is -2.61. The molecule has 1 aliphatic heterocycles. The minimum absolute atomic E-state index is 0.121. The summed E-state index contributed by atoms with van der Waals surface area (Å²) in [6, 6.07) is 10.2. The normalized spacial score (nSPS) is 42.4. The molecule has 0 N–H and O–H groups in total. The van der Waals surface area contributed by atoms with E-state index in [-0.39, 0.29) is 11.9 Å². The van der Waals surface area contributed by atoms with Crippen molar-refractivity contribution in [2.24, 2.45) is 69.2 Å². The molecule has 214 valence electrons. The molecule has 4 aliphatic carbocycles. The molecule has 1 aromatic rings. The van der Waals surface area contributed by atoms with Crippen LogP contribution >= 0.6 is 0 Å². The first kappa shape index (κ1) is 27.5. The summed E-state index contributed by atoms with van der Waals surface area (Å²) in [6.45, 7) is 12.7. The minimum atomic E-state index is -0.183. The zero-order valence-electron chi connectivity index (χ0n) is 25.3. The SMILES string of the molecule is CC(C)CCC[C@@H](C)[C@H]1CC[C@H]2[C@@H]3CC[C@H]4C[C@@H](C5C(=O)ON=C5c5ccccc5)CC[C@]4(C)[C@H]3CC[C@]12C. The van der Waals surface area contributed by atoms with E-state index in [1.165, 1.54) is 70.6 Å². The van der Waals surface area contributed by atoms with Crippen LogP contribution in [0.3, 0.4) is 0 Å². The van der Waals surface area contributed by atoms with E-state index in [1.54, 1.807) is 0 Å². The summed E-state index contributed by atoms with van der Waals surface area (Å²) >= 11 is 0. The second-order valence-electron chi connectivity index (χ2n) is 15.5. The van der Waals surface area contributed by atoms with Crippen molar-refractivity contribution in [1.29, 1.82) is 0 Å². The van der Waals surface area contributed by atoms with Crippen LogP contribution in [0.15, 0.2) is 35.5 Å². The van der Waals surface area contributed by atoms with Gasteiger partial charge < -0.3 is 4.84 Å². The Hall–Kier alpha value is -1.64. The van der Waals surface area contributed by atoms with Crippen LogP contribution < -0.4 is 0 Å². The Bertz CT molecular complexity index is 1060. The molecule has 5 aliphatic rings. The molecule has 0 amide bonds. The molecule has 0 radical (unpaired) electrons. The van der Waals surface area contributed by atoms with Crippen LogP contribution in [0.5, 0.6) is 0 Å². The van der Waals surface area contributed by atoms with Crippen LogP contribution in [0.2, 0.25) is 0 Å². The summed E-state index contributed by atoms with van der Waals surface area (Å²) in [5, 5.41) is 4.29. The Morgan fingerprint density at radius 2 is 1.64 bits per heavy atom. The zero-order valence-corrected chi connectivity index (χ0v) is 25.3. The van der Waals surface area contributed by atoms with E-state index >= 15 is 0 Å². The average Bonchev–Trinajstić information content (AvgIpc) is 3.48. The number of hydrogen-bond acceptors (Lipinski definition) is 3. The summed E-state index contributed by atoms with van der Waals surface area (Å²) < 4.78 is 0. The summed E-state index contributed by atoms with van der Waals surface area (Å²) in [5.41, 5.74) is 2.92. The second-order valence-corrected chi connectivity index (χ2v) is 15.5. The van der Waals surface area contributed by atoms with E-state index in [2.05, 4.69) is 51.9 Å². The standard InChI is InChI=1S/C36H53NO2/c1-23(2)10-9-11-24(3)29-16-17-30-28-15-14-27-22-26(18-20-35(27,4)31(28)19-21-36(29,30)5)32-33(37-39-34(32)38)25-12-7-6-8-13-25/h6-8,12-13,23-24,26-32H,9-11,14-22H2,1-5H3/t24-,26+,27+,28+,29-,30+,31+,32?,35+,36-/m1/s1. The molecule has 1 aromatic carbocycles. The number of carbonyl (C=O) groups is 1. The van der Waals surface area contributed by atoms with Crippen LogP contribution in [-0.2, 0) is 9.63 Å². The zero-order chi connectivity index (χ0) is 27.4. The first-order valence-corrected chi connectivity index (χ1v) is 16.6. The highest BCUT2D eigenvalue weighted by Gasteiger charge is 2.61. The number of hydrogen-bond donors (Lipinski definition) is 0. The Labute approximate surface area is 237 Å². The average molecular weight is 532 g/mol. The van der Waals surface area contributed by atoms with Crippen LogP contribution in [-0.4, -0.2) is 11.7 Å². The first-order chi connectivity index (χ1) is 18.7. The number of rotatable bonds is 7. The lowest BCUT2D eigenvalue weighted by Crippen LogP contribution is -2.54. The molecule has 6 rings (SSSR count). The lowest BCUT2D eigenvalue weighted by molar-refractivity contribution is -0.148. The summed E-state index contributed by atoms with van der Waals surface area (Å²) in [4.78, 5) is 18.2. The number of fused-ring (bicyclic) bond motifs is 5. The Morgan fingerprint density at radius 3 is 2.41 bits per heavy atom. The Balaban J connectivity index is 1.14. The molecule has 0 bridgehead atoms. The predicted molar refractivity (Wildman–Crippen MR) is 159 cm³/mol. The van der Waals surface area contributed by atoms with Crippen LogP contribution in [0, 0.1) is 64.1 Å².